The molecule has 0 heterocycles. The van der Waals surface area contributed by atoms with Gasteiger partial charge in [-0.25, -0.2) is 0 Å². The Morgan fingerprint density at radius 3 is 0.833 bits per heavy atom. The van der Waals surface area contributed by atoms with E-state index in [0.717, 1.165) is 0 Å². The summed E-state index contributed by atoms with van der Waals surface area (Å²) in [5.41, 5.74) is 20.4. The molecule has 0 unspecified atom stereocenters. The molecule has 5 heteroatoms. The van der Waals surface area contributed by atoms with Crippen molar-refractivity contribution in [2.75, 3.05) is 21.3 Å². The van der Waals surface area contributed by atoms with Crippen molar-refractivity contribution in [1.29, 1.82) is 0 Å². The van der Waals surface area contributed by atoms with Gasteiger partial charge in [-0.2, -0.15) is 0 Å². The molecule has 0 fully saturated rings. The minimum Gasteiger partial charge on any atom is -0.317 e. The summed E-state index contributed by atoms with van der Waals surface area (Å²) < 4.78 is 20.3. The Kier molecular flexibility index (Phi) is 13.0. The Balaban J connectivity index is 0.00000544. The molecule has 0 atom stereocenters. The van der Waals surface area contributed by atoms with E-state index in [1.165, 1.54) is 89.1 Å². The van der Waals surface area contributed by atoms with Gasteiger partial charge in [0.1, 0.15) is 0 Å². The van der Waals surface area contributed by atoms with Gasteiger partial charge >= 0.3 is 0 Å². The summed E-state index contributed by atoms with van der Waals surface area (Å²) >= 11 is 0. The SMILES string of the molecule is CO[SH](Cc1ccccc1C1C(C)=C(c2ccccc2)C(c2ccccc2)=C1C)(Cc1ccccc1C1C(C)=C(c2ccccc2)C(c2ccccc2)=C1C)(OC)OC.[Ti]. The van der Waals surface area contributed by atoms with Crippen molar-refractivity contribution in [2.45, 2.75) is 51.0 Å². The van der Waals surface area contributed by atoms with Crippen molar-refractivity contribution in [1.82, 2.24) is 0 Å². The average molecular weight is 845 g/mol. The normalized spacial score (nSPS) is 15.8. The van der Waals surface area contributed by atoms with Crippen molar-refractivity contribution < 1.29 is 34.3 Å². The first kappa shape index (κ1) is 43.3. The Morgan fingerprint density at radius 2 is 0.583 bits per heavy atom. The van der Waals surface area contributed by atoms with Crippen LogP contribution in [-0.2, 0) is 45.8 Å². The van der Waals surface area contributed by atoms with Crippen LogP contribution in [0.25, 0.3) is 22.3 Å². The smallest absolute Gasteiger partial charge is 0.0509 e. The van der Waals surface area contributed by atoms with Crippen LogP contribution in [0.5, 0.6) is 0 Å². The van der Waals surface area contributed by atoms with Crippen LogP contribution >= 0.6 is 10.0 Å². The molecule has 6 aromatic rings. The van der Waals surface area contributed by atoms with E-state index in [9.17, 15) is 0 Å². The molecule has 3 nitrogen and oxygen atoms in total. The van der Waals surface area contributed by atoms with Gasteiger partial charge in [-0.1, -0.05) is 202 Å². The van der Waals surface area contributed by atoms with E-state index in [2.05, 4.69) is 198 Å². The van der Waals surface area contributed by atoms with E-state index >= 15 is 0 Å². The maximum atomic E-state index is 6.77. The number of benzene rings is 6. The first-order valence-corrected chi connectivity index (χ1v) is 23.0. The van der Waals surface area contributed by atoms with Crippen molar-refractivity contribution >= 4 is 32.3 Å². The summed E-state index contributed by atoms with van der Waals surface area (Å²) in [6.07, 6.45) is 0. The molecule has 0 saturated heterocycles. The molecule has 0 aromatic heterocycles. The number of rotatable bonds is 13. The minimum absolute atomic E-state index is 0. The topological polar surface area (TPSA) is 27.7 Å². The summed E-state index contributed by atoms with van der Waals surface area (Å²) in [5.74, 6) is 1.14. The predicted molar refractivity (Wildman–Crippen MR) is 252 cm³/mol. The molecule has 0 amide bonds. The van der Waals surface area contributed by atoms with Gasteiger partial charge in [-0.05, 0) is 94.5 Å². The van der Waals surface area contributed by atoms with Gasteiger partial charge in [0.05, 0.1) is 21.3 Å². The van der Waals surface area contributed by atoms with Crippen LogP contribution in [0.2, 0.25) is 0 Å². The van der Waals surface area contributed by atoms with Crippen LogP contribution in [0, 0.1) is 0 Å². The number of thiol groups is 1. The van der Waals surface area contributed by atoms with Gasteiger partial charge < -0.3 is 12.5 Å². The van der Waals surface area contributed by atoms with Gasteiger partial charge in [0.25, 0.3) is 0 Å². The third-order valence-corrected chi connectivity index (χ3v) is 17.3. The van der Waals surface area contributed by atoms with E-state index in [0.29, 0.717) is 11.5 Å². The zero-order valence-corrected chi connectivity index (χ0v) is 38.4. The largest absolute Gasteiger partial charge is 0.317 e. The molecule has 0 N–H and O–H groups in total. The Hall–Kier alpha value is -4.78. The number of hydrogen-bond acceptors (Lipinski definition) is 3. The summed E-state index contributed by atoms with van der Waals surface area (Å²) in [6, 6.07) is 61.0. The molecule has 6 aromatic carbocycles. The first-order chi connectivity index (χ1) is 28.7. The second kappa shape index (κ2) is 18.1. The van der Waals surface area contributed by atoms with E-state index < -0.39 is 10.0 Å². The van der Waals surface area contributed by atoms with Crippen LogP contribution < -0.4 is 0 Å². The summed E-state index contributed by atoms with van der Waals surface area (Å²) in [6.45, 7) is 9.23. The van der Waals surface area contributed by atoms with E-state index in [-0.39, 0.29) is 33.6 Å². The van der Waals surface area contributed by atoms with Crippen molar-refractivity contribution in [2.24, 2.45) is 0 Å². The quantitative estimate of drug-likeness (QED) is 0.0927. The molecular formula is C55H56O3STi. The fourth-order valence-electron chi connectivity index (χ4n) is 10.1. The van der Waals surface area contributed by atoms with Crippen molar-refractivity contribution in [3.63, 3.8) is 0 Å². The summed E-state index contributed by atoms with van der Waals surface area (Å²) in [4.78, 5) is 0. The van der Waals surface area contributed by atoms with Crippen LogP contribution in [-0.4, -0.2) is 21.3 Å². The van der Waals surface area contributed by atoms with Crippen molar-refractivity contribution in [3.05, 3.63) is 237 Å². The summed E-state index contributed by atoms with van der Waals surface area (Å²) in [7, 11) is 1.41. The second-order valence-electron chi connectivity index (χ2n) is 16.0. The minimum atomic E-state index is -3.91. The Labute approximate surface area is 373 Å². The molecule has 0 spiro atoms. The van der Waals surface area contributed by atoms with Crippen LogP contribution in [0.1, 0.15) is 84.0 Å². The molecule has 304 valence electrons. The molecule has 8 rings (SSSR count). The maximum absolute atomic E-state index is 6.77. The summed E-state index contributed by atoms with van der Waals surface area (Å²) in [5, 5.41) is 0. The average Bonchev–Trinajstić information content (AvgIpc) is 3.71. The van der Waals surface area contributed by atoms with Crippen LogP contribution in [0.4, 0.5) is 0 Å². The zero-order valence-electron chi connectivity index (χ0n) is 35.9. The molecule has 0 radical (unpaired) electrons. The molecular weight excluding hydrogens is 789 g/mol. The van der Waals surface area contributed by atoms with Gasteiger partial charge in [-0.3, -0.25) is 0 Å². The standard InChI is InChI=1S/C55H56O3S.Ti/c1-38-50(39(2)53(43-26-14-9-15-27-43)52(38)42-24-12-8-13-25-42)48-34-22-20-32-46(48)36-59(56-5,57-6,58-7)37-47-33-21-23-35-49(47)51-40(3)54(44-28-16-10-17-29-44)55(41(51)4)45-30-18-11-19-31-45;/h8-35,50-51,59H,36-37H2,1-7H3;. The molecule has 0 aliphatic heterocycles. The third kappa shape index (κ3) is 7.71. The predicted octanol–water partition coefficient (Wildman–Crippen LogP) is 14.2. The van der Waals surface area contributed by atoms with Gasteiger partial charge in [0, 0.05) is 45.1 Å². The fourth-order valence-corrected chi connectivity index (χ4v) is 13.3. The van der Waals surface area contributed by atoms with Gasteiger partial charge in [0.2, 0.25) is 0 Å². The monoisotopic (exact) mass is 844 g/mol. The van der Waals surface area contributed by atoms with E-state index in [1.807, 2.05) is 0 Å². The van der Waals surface area contributed by atoms with Crippen LogP contribution in [0.15, 0.2) is 192 Å². The Morgan fingerprint density at radius 1 is 0.350 bits per heavy atom. The van der Waals surface area contributed by atoms with E-state index in [4.69, 9.17) is 12.5 Å². The number of allylic oxidation sites excluding steroid dienone is 8. The molecule has 60 heavy (non-hydrogen) atoms. The van der Waals surface area contributed by atoms with Gasteiger partial charge in [-0.15, -0.1) is 0 Å². The van der Waals surface area contributed by atoms with Crippen molar-refractivity contribution in [3.8, 4) is 0 Å². The first-order valence-electron chi connectivity index (χ1n) is 20.6. The molecule has 0 saturated carbocycles. The van der Waals surface area contributed by atoms with Gasteiger partial charge in [0.15, 0.2) is 0 Å². The molecule has 2 aliphatic rings. The van der Waals surface area contributed by atoms with E-state index in [1.54, 1.807) is 21.3 Å². The number of hydrogen-bond donors (Lipinski definition) is 1. The molecule has 0 bridgehead atoms. The Bertz CT molecular complexity index is 2290. The third-order valence-electron chi connectivity index (χ3n) is 13.0. The molecule has 2 aliphatic carbocycles. The maximum Gasteiger partial charge on any atom is 0.0509 e. The second-order valence-corrected chi connectivity index (χ2v) is 20.2. The fraction of sp³-hybridized carbons (Fsp3) is 0.200. The van der Waals surface area contributed by atoms with Crippen LogP contribution in [0.3, 0.4) is 0 Å². The zero-order chi connectivity index (χ0) is 41.2.